The molecule has 7 heteroatoms. The first-order valence-corrected chi connectivity index (χ1v) is 7.86. The van der Waals surface area contributed by atoms with Crippen molar-refractivity contribution in [2.45, 2.75) is 34.1 Å². The number of hydrazone groups is 1. The average molecular weight is 332 g/mol. The van der Waals surface area contributed by atoms with Crippen molar-refractivity contribution < 1.29 is 14.4 Å². The minimum absolute atomic E-state index is 0.0214. The van der Waals surface area contributed by atoms with E-state index in [0.717, 1.165) is 5.56 Å². The molecule has 1 rings (SSSR count). The van der Waals surface area contributed by atoms with E-state index in [-0.39, 0.29) is 12.3 Å². The molecule has 0 heterocycles. The Morgan fingerprint density at radius 1 is 1.08 bits per heavy atom. The Labute approximate surface area is 142 Å². The molecule has 0 aliphatic carbocycles. The number of nitrogens with zero attached hydrogens (tertiary/aromatic N) is 2. The van der Waals surface area contributed by atoms with Crippen LogP contribution in [0, 0.1) is 6.92 Å². The molecule has 0 bridgehead atoms. The van der Waals surface area contributed by atoms with Crippen molar-refractivity contribution in [2.75, 3.05) is 18.4 Å². The van der Waals surface area contributed by atoms with Crippen molar-refractivity contribution in [1.29, 1.82) is 0 Å². The van der Waals surface area contributed by atoms with Gasteiger partial charge >= 0.3 is 11.8 Å². The maximum atomic E-state index is 11.9. The molecule has 7 nitrogen and oxygen atoms in total. The zero-order chi connectivity index (χ0) is 18.1. The van der Waals surface area contributed by atoms with E-state index in [1.165, 1.54) is 4.90 Å². The van der Waals surface area contributed by atoms with Crippen LogP contribution in [0.25, 0.3) is 0 Å². The Kier molecular flexibility index (Phi) is 7.61. The summed E-state index contributed by atoms with van der Waals surface area (Å²) >= 11 is 0. The molecule has 0 unspecified atom stereocenters. The van der Waals surface area contributed by atoms with Crippen molar-refractivity contribution in [2.24, 2.45) is 5.10 Å². The van der Waals surface area contributed by atoms with Crippen molar-refractivity contribution in [3.63, 3.8) is 0 Å². The first kappa shape index (κ1) is 19.3. The molecule has 3 amide bonds. The van der Waals surface area contributed by atoms with Gasteiger partial charge in [-0.3, -0.25) is 14.4 Å². The highest BCUT2D eigenvalue weighted by Crippen LogP contribution is 2.08. The number of hydrogen-bond acceptors (Lipinski definition) is 4. The number of amides is 3. The van der Waals surface area contributed by atoms with E-state index < -0.39 is 11.8 Å². The van der Waals surface area contributed by atoms with Crippen molar-refractivity contribution in [1.82, 2.24) is 10.3 Å². The molecule has 0 radical (unpaired) electrons. The van der Waals surface area contributed by atoms with Gasteiger partial charge in [0.2, 0.25) is 5.91 Å². The van der Waals surface area contributed by atoms with Crippen molar-refractivity contribution in [3.8, 4) is 0 Å². The molecule has 0 spiro atoms. The van der Waals surface area contributed by atoms with Crippen LogP contribution in [0.3, 0.4) is 0 Å². The predicted octanol–water partition coefficient (Wildman–Crippen LogP) is 1.68. The van der Waals surface area contributed by atoms with E-state index in [9.17, 15) is 14.4 Å². The van der Waals surface area contributed by atoms with Crippen LogP contribution in [-0.4, -0.2) is 41.4 Å². The molecule has 0 aliphatic rings. The largest absolute Gasteiger partial charge is 0.335 e. The monoisotopic (exact) mass is 332 g/mol. The molecular weight excluding hydrogens is 308 g/mol. The Balaban J connectivity index is 2.51. The predicted molar refractivity (Wildman–Crippen MR) is 93.6 cm³/mol. The fourth-order valence-corrected chi connectivity index (χ4v) is 1.96. The number of likely N-dealkylation sites (N-methyl/N-ethyl adjacent to an activating group) is 1. The lowest BCUT2D eigenvalue weighted by Crippen LogP contribution is -2.41. The second-order valence-corrected chi connectivity index (χ2v) is 5.36. The van der Waals surface area contributed by atoms with Gasteiger partial charge < -0.3 is 10.2 Å². The average Bonchev–Trinajstić information content (AvgIpc) is 2.55. The summed E-state index contributed by atoms with van der Waals surface area (Å²) in [5.74, 6) is -1.69. The minimum atomic E-state index is -0.808. The van der Waals surface area contributed by atoms with Gasteiger partial charge in [0.25, 0.3) is 0 Å². The molecular formula is C17H24N4O3. The molecule has 130 valence electrons. The minimum Gasteiger partial charge on any atom is -0.335 e. The molecule has 2 N–H and O–H groups in total. The molecule has 0 fully saturated rings. The fourth-order valence-electron chi connectivity index (χ4n) is 1.96. The van der Waals surface area contributed by atoms with Crippen LogP contribution in [0.2, 0.25) is 0 Å². The Bertz CT molecular complexity index is 619. The van der Waals surface area contributed by atoms with Gasteiger partial charge in [-0.25, -0.2) is 5.43 Å². The van der Waals surface area contributed by atoms with Gasteiger partial charge in [-0.15, -0.1) is 0 Å². The first-order valence-electron chi connectivity index (χ1n) is 7.86. The summed E-state index contributed by atoms with van der Waals surface area (Å²) < 4.78 is 0. The third-order valence-corrected chi connectivity index (χ3v) is 3.34. The SMILES string of the molecule is CCN(CC)C(=O)C(=O)NN=C(C)CC(=O)Nc1ccc(C)cc1. The van der Waals surface area contributed by atoms with Crippen LogP contribution in [0.15, 0.2) is 29.4 Å². The lowest BCUT2D eigenvalue weighted by molar-refractivity contribution is -0.145. The number of carbonyl (C=O) groups excluding carboxylic acids is 3. The molecule has 1 aromatic rings. The molecule has 0 aromatic heterocycles. The highest BCUT2D eigenvalue weighted by Gasteiger charge is 2.18. The van der Waals surface area contributed by atoms with E-state index in [0.29, 0.717) is 24.5 Å². The summed E-state index contributed by atoms with van der Waals surface area (Å²) in [4.78, 5) is 36.8. The highest BCUT2D eigenvalue weighted by molar-refractivity contribution is 6.35. The van der Waals surface area contributed by atoms with Gasteiger partial charge in [0.15, 0.2) is 0 Å². The zero-order valence-corrected chi connectivity index (χ0v) is 14.5. The van der Waals surface area contributed by atoms with Gasteiger partial charge in [-0.2, -0.15) is 5.10 Å². The Morgan fingerprint density at radius 2 is 1.67 bits per heavy atom. The number of anilines is 1. The lowest BCUT2D eigenvalue weighted by atomic mass is 10.2. The number of rotatable bonds is 6. The molecule has 0 saturated carbocycles. The van der Waals surface area contributed by atoms with Crippen LogP contribution in [0.5, 0.6) is 0 Å². The second kappa shape index (κ2) is 9.44. The third kappa shape index (κ3) is 6.20. The van der Waals surface area contributed by atoms with E-state index in [1.54, 1.807) is 20.8 Å². The normalized spacial score (nSPS) is 10.9. The smallest absolute Gasteiger partial charge is 0.329 e. The van der Waals surface area contributed by atoms with Gasteiger partial charge in [-0.1, -0.05) is 17.7 Å². The van der Waals surface area contributed by atoms with Gasteiger partial charge in [-0.05, 0) is 39.8 Å². The summed E-state index contributed by atoms with van der Waals surface area (Å²) in [5, 5.41) is 6.54. The molecule has 0 aliphatic heterocycles. The number of hydrogen-bond donors (Lipinski definition) is 2. The molecule has 24 heavy (non-hydrogen) atoms. The van der Waals surface area contributed by atoms with E-state index in [1.807, 2.05) is 31.2 Å². The van der Waals surface area contributed by atoms with Gasteiger partial charge in [0.05, 0.1) is 6.42 Å². The van der Waals surface area contributed by atoms with Crippen LogP contribution >= 0.6 is 0 Å². The Hall–Kier alpha value is -2.70. The summed E-state index contributed by atoms with van der Waals surface area (Å²) in [6, 6.07) is 7.42. The summed E-state index contributed by atoms with van der Waals surface area (Å²) in [6.45, 7) is 8.05. The summed E-state index contributed by atoms with van der Waals surface area (Å²) in [7, 11) is 0. The molecule has 0 atom stereocenters. The van der Waals surface area contributed by atoms with Crippen LogP contribution in [0.1, 0.15) is 32.8 Å². The van der Waals surface area contributed by atoms with Crippen LogP contribution in [0.4, 0.5) is 5.69 Å². The summed E-state index contributed by atoms with van der Waals surface area (Å²) in [6.07, 6.45) is 0.0214. The topological polar surface area (TPSA) is 90.9 Å². The fraction of sp³-hybridized carbons (Fsp3) is 0.412. The maximum Gasteiger partial charge on any atom is 0.329 e. The lowest BCUT2D eigenvalue weighted by Gasteiger charge is -2.16. The van der Waals surface area contributed by atoms with Gasteiger partial charge in [0.1, 0.15) is 0 Å². The van der Waals surface area contributed by atoms with Gasteiger partial charge in [0, 0.05) is 24.5 Å². The Morgan fingerprint density at radius 3 is 2.21 bits per heavy atom. The van der Waals surface area contributed by atoms with E-state index >= 15 is 0 Å². The van der Waals surface area contributed by atoms with E-state index in [4.69, 9.17) is 0 Å². The number of nitrogens with one attached hydrogen (secondary N) is 2. The highest BCUT2D eigenvalue weighted by atomic mass is 16.2. The number of aryl methyl sites for hydroxylation is 1. The second-order valence-electron chi connectivity index (χ2n) is 5.36. The van der Waals surface area contributed by atoms with Crippen molar-refractivity contribution >= 4 is 29.1 Å². The molecule has 1 aromatic carbocycles. The van der Waals surface area contributed by atoms with Crippen LogP contribution < -0.4 is 10.7 Å². The summed E-state index contributed by atoms with van der Waals surface area (Å²) in [5.41, 5.74) is 4.39. The molecule has 0 saturated heterocycles. The standard InChI is InChI=1S/C17H24N4O3/c1-5-21(6-2)17(24)16(23)20-19-13(4)11-15(22)18-14-9-7-12(3)8-10-14/h7-10H,5-6,11H2,1-4H3,(H,18,22)(H,20,23). The van der Waals surface area contributed by atoms with Crippen LogP contribution in [-0.2, 0) is 14.4 Å². The third-order valence-electron chi connectivity index (χ3n) is 3.34. The van der Waals surface area contributed by atoms with E-state index in [2.05, 4.69) is 15.8 Å². The van der Waals surface area contributed by atoms with Crippen molar-refractivity contribution in [3.05, 3.63) is 29.8 Å². The maximum absolute atomic E-state index is 11.9. The number of carbonyl (C=O) groups is 3. The quantitative estimate of drug-likeness (QED) is 0.472. The first-order chi connectivity index (χ1) is 11.4. The number of benzene rings is 1. The zero-order valence-electron chi connectivity index (χ0n) is 14.5.